The Morgan fingerprint density at radius 1 is 1.34 bits per heavy atom. The van der Waals surface area contributed by atoms with Crippen LogP contribution in [0.25, 0.3) is 0 Å². The number of hydrogen-bond acceptors (Lipinski definition) is 6. The summed E-state index contributed by atoms with van der Waals surface area (Å²) in [4.78, 5) is 46.4. The average Bonchev–Trinajstić information content (AvgIpc) is 3.16. The van der Waals surface area contributed by atoms with E-state index in [0.29, 0.717) is 16.9 Å². The van der Waals surface area contributed by atoms with Crippen LogP contribution in [0, 0.1) is 11.8 Å². The number of methoxy groups -OCH3 is 1. The highest BCUT2D eigenvalue weighted by atomic mass is 35.5. The van der Waals surface area contributed by atoms with Crippen molar-refractivity contribution in [1.82, 2.24) is 25.5 Å². The zero-order valence-electron chi connectivity index (χ0n) is 15.2. The number of carbonyl (C=O) groups excluding carboxylic acids is 3. The van der Waals surface area contributed by atoms with Crippen molar-refractivity contribution in [2.75, 3.05) is 13.7 Å². The first-order valence-corrected chi connectivity index (χ1v) is 8.88. The molecule has 0 radical (unpaired) electrons. The van der Waals surface area contributed by atoms with Gasteiger partial charge in [-0.1, -0.05) is 29.5 Å². The van der Waals surface area contributed by atoms with E-state index in [-0.39, 0.29) is 24.1 Å². The molecule has 3 heterocycles. The lowest BCUT2D eigenvalue weighted by atomic mass is 9.99. The number of rotatable bonds is 3. The Morgan fingerprint density at radius 3 is 2.86 bits per heavy atom. The number of imide groups is 1. The van der Waals surface area contributed by atoms with Gasteiger partial charge in [0.15, 0.2) is 0 Å². The standard InChI is InChI=1S/C19H14ClN5O4/c1-29-13-3-2-12-8-25(16(26)14(12)6-13)9-19(17(27)23-18(28)24-19)5-4-11-7-21-10-22-15(11)20/h2-3,6-7,10H,8-9H2,1H3,(H2,23,24,27,28)/t19-/m1/s1. The normalized spacial score (nSPS) is 19.9. The first-order valence-electron chi connectivity index (χ1n) is 8.50. The lowest BCUT2D eigenvalue weighted by Crippen LogP contribution is -2.54. The minimum Gasteiger partial charge on any atom is -0.497 e. The predicted octanol–water partition coefficient (Wildman–Crippen LogP) is 0.724. The number of fused-ring (bicyclic) bond motifs is 1. The van der Waals surface area contributed by atoms with Crippen LogP contribution in [-0.2, 0) is 11.3 Å². The number of ether oxygens (including phenoxy) is 1. The van der Waals surface area contributed by atoms with Crippen molar-refractivity contribution in [3.63, 3.8) is 0 Å². The molecule has 1 fully saturated rings. The highest BCUT2D eigenvalue weighted by Crippen LogP contribution is 2.28. The molecule has 2 aliphatic rings. The number of benzene rings is 1. The molecule has 0 bridgehead atoms. The van der Waals surface area contributed by atoms with Crippen molar-refractivity contribution in [2.45, 2.75) is 12.1 Å². The Morgan fingerprint density at radius 2 is 2.17 bits per heavy atom. The van der Waals surface area contributed by atoms with Crippen LogP contribution < -0.4 is 15.4 Å². The van der Waals surface area contributed by atoms with E-state index >= 15 is 0 Å². The zero-order chi connectivity index (χ0) is 20.6. The molecule has 2 aromatic rings. The highest BCUT2D eigenvalue weighted by molar-refractivity contribution is 6.30. The monoisotopic (exact) mass is 411 g/mol. The van der Waals surface area contributed by atoms with Crippen LogP contribution in [-0.4, -0.2) is 51.9 Å². The molecule has 0 unspecified atom stereocenters. The van der Waals surface area contributed by atoms with Crippen molar-refractivity contribution >= 4 is 29.4 Å². The largest absolute Gasteiger partial charge is 0.497 e. The van der Waals surface area contributed by atoms with Crippen molar-refractivity contribution < 1.29 is 19.1 Å². The van der Waals surface area contributed by atoms with Crippen LogP contribution in [0.4, 0.5) is 4.79 Å². The molecule has 29 heavy (non-hydrogen) atoms. The SMILES string of the molecule is COc1ccc2c(c1)C(=O)N(C[C@@]1(C#Cc3cncnc3Cl)NC(=O)NC1=O)C2. The van der Waals surface area contributed by atoms with E-state index in [0.717, 1.165) is 5.56 Å². The Balaban J connectivity index is 1.66. The van der Waals surface area contributed by atoms with Crippen molar-refractivity contribution in [2.24, 2.45) is 0 Å². The van der Waals surface area contributed by atoms with E-state index in [4.69, 9.17) is 16.3 Å². The van der Waals surface area contributed by atoms with E-state index in [1.807, 2.05) is 0 Å². The van der Waals surface area contributed by atoms with Gasteiger partial charge >= 0.3 is 6.03 Å². The molecule has 1 atom stereocenters. The lowest BCUT2D eigenvalue weighted by molar-refractivity contribution is -0.122. The van der Waals surface area contributed by atoms with Crippen LogP contribution in [0.3, 0.4) is 0 Å². The molecule has 1 aromatic carbocycles. The Kier molecular flexibility index (Phi) is 4.56. The molecule has 1 saturated heterocycles. The Hall–Kier alpha value is -3.64. The summed E-state index contributed by atoms with van der Waals surface area (Å²) in [6, 6.07) is 4.50. The third-order valence-electron chi connectivity index (χ3n) is 4.64. The van der Waals surface area contributed by atoms with Crippen molar-refractivity contribution in [1.29, 1.82) is 0 Å². The van der Waals surface area contributed by atoms with Crippen LogP contribution in [0.1, 0.15) is 21.5 Å². The van der Waals surface area contributed by atoms with Gasteiger partial charge in [0.1, 0.15) is 17.2 Å². The number of nitrogens with one attached hydrogen (secondary N) is 2. The van der Waals surface area contributed by atoms with E-state index in [2.05, 4.69) is 32.4 Å². The fourth-order valence-electron chi connectivity index (χ4n) is 3.18. The molecule has 146 valence electrons. The third kappa shape index (κ3) is 3.34. The molecule has 1 aromatic heterocycles. The summed E-state index contributed by atoms with van der Waals surface area (Å²) in [7, 11) is 1.51. The fraction of sp³-hybridized carbons (Fsp3) is 0.211. The molecule has 0 saturated carbocycles. The van der Waals surface area contributed by atoms with Crippen LogP contribution in [0.5, 0.6) is 5.75 Å². The number of carbonyl (C=O) groups is 3. The van der Waals surface area contributed by atoms with Gasteiger partial charge in [0, 0.05) is 18.3 Å². The van der Waals surface area contributed by atoms with Gasteiger partial charge in [0.25, 0.3) is 11.8 Å². The zero-order valence-corrected chi connectivity index (χ0v) is 15.9. The summed E-state index contributed by atoms with van der Waals surface area (Å²) >= 11 is 5.99. The van der Waals surface area contributed by atoms with Gasteiger partial charge in [-0.05, 0) is 17.7 Å². The lowest BCUT2D eigenvalue weighted by Gasteiger charge is -2.26. The second-order valence-corrected chi connectivity index (χ2v) is 6.83. The van der Waals surface area contributed by atoms with E-state index in [1.54, 1.807) is 18.2 Å². The van der Waals surface area contributed by atoms with Crippen LogP contribution in [0.2, 0.25) is 5.15 Å². The molecule has 2 aliphatic heterocycles. The average molecular weight is 412 g/mol. The second-order valence-electron chi connectivity index (χ2n) is 6.48. The summed E-state index contributed by atoms with van der Waals surface area (Å²) < 4.78 is 5.17. The van der Waals surface area contributed by atoms with Gasteiger partial charge in [-0.2, -0.15) is 0 Å². The molecular formula is C19H14ClN5O4. The van der Waals surface area contributed by atoms with Gasteiger partial charge in [0.05, 0.1) is 19.2 Å². The quantitative estimate of drug-likeness (QED) is 0.437. The first-order chi connectivity index (χ1) is 13.9. The van der Waals surface area contributed by atoms with Crippen molar-refractivity contribution in [3.8, 4) is 17.6 Å². The maximum absolute atomic E-state index is 12.8. The smallest absolute Gasteiger partial charge is 0.323 e. The Labute approximate surface area is 170 Å². The molecule has 10 heteroatoms. The maximum Gasteiger partial charge on any atom is 0.323 e. The van der Waals surface area contributed by atoms with E-state index in [9.17, 15) is 14.4 Å². The van der Waals surface area contributed by atoms with Crippen LogP contribution in [0.15, 0.2) is 30.7 Å². The van der Waals surface area contributed by atoms with Crippen LogP contribution >= 0.6 is 11.6 Å². The molecule has 2 N–H and O–H groups in total. The number of aromatic nitrogens is 2. The topological polar surface area (TPSA) is 114 Å². The predicted molar refractivity (Wildman–Crippen MR) is 101 cm³/mol. The number of amides is 4. The van der Waals surface area contributed by atoms with Gasteiger partial charge in [-0.25, -0.2) is 14.8 Å². The highest BCUT2D eigenvalue weighted by Gasteiger charge is 2.48. The molecule has 4 amide bonds. The first kappa shape index (κ1) is 18.7. The molecule has 0 aliphatic carbocycles. The summed E-state index contributed by atoms with van der Waals surface area (Å²) in [5, 5.41) is 4.82. The minimum absolute atomic E-state index is 0.115. The number of urea groups is 1. The van der Waals surface area contributed by atoms with Gasteiger partial charge < -0.3 is 15.0 Å². The van der Waals surface area contributed by atoms with E-state index < -0.39 is 17.5 Å². The van der Waals surface area contributed by atoms with E-state index in [1.165, 1.54) is 24.5 Å². The fourth-order valence-corrected chi connectivity index (χ4v) is 3.32. The molecule has 0 spiro atoms. The summed E-state index contributed by atoms with van der Waals surface area (Å²) in [6.07, 6.45) is 2.66. The van der Waals surface area contributed by atoms with Gasteiger partial charge in [0.2, 0.25) is 5.54 Å². The Bertz CT molecular complexity index is 1110. The number of nitrogens with zero attached hydrogens (tertiary/aromatic N) is 3. The second kappa shape index (κ2) is 7.07. The molecular weight excluding hydrogens is 398 g/mol. The van der Waals surface area contributed by atoms with Gasteiger partial charge in [-0.3, -0.25) is 14.9 Å². The summed E-state index contributed by atoms with van der Waals surface area (Å²) in [5.41, 5.74) is -0.0546. The molecule has 9 nitrogen and oxygen atoms in total. The number of halogens is 1. The maximum atomic E-state index is 12.8. The number of hydrogen-bond donors (Lipinski definition) is 2. The minimum atomic E-state index is -1.63. The third-order valence-corrected chi connectivity index (χ3v) is 4.94. The van der Waals surface area contributed by atoms with Gasteiger partial charge in [-0.15, -0.1) is 0 Å². The molecule has 4 rings (SSSR count). The van der Waals surface area contributed by atoms with Crippen molar-refractivity contribution in [3.05, 3.63) is 52.6 Å². The summed E-state index contributed by atoms with van der Waals surface area (Å²) in [6.45, 7) is 0.138. The summed E-state index contributed by atoms with van der Waals surface area (Å²) in [5.74, 6) is 5.11.